The lowest BCUT2D eigenvalue weighted by Gasteiger charge is -2.60. The van der Waals surface area contributed by atoms with Gasteiger partial charge in [0.05, 0.1) is 0 Å². The number of hydrogen-bond acceptors (Lipinski definition) is 3. The van der Waals surface area contributed by atoms with Gasteiger partial charge in [-0.05, 0) is 85.9 Å². The number of ether oxygens (including phenoxy) is 1. The summed E-state index contributed by atoms with van der Waals surface area (Å²) >= 11 is 0. The Bertz CT molecular complexity index is 739. The third-order valence-electron chi connectivity index (χ3n) is 11.9. The van der Waals surface area contributed by atoms with Crippen molar-refractivity contribution in [3.8, 4) is 0 Å². The van der Waals surface area contributed by atoms with Crippen LogP contribution in [0.4, 0.5) is 0 Å². The molecule has 5 fully saturated rings. The highest BCUT2D eigenvalue weighted by Gasteiger charge is 2.61. The molecule has 2 unspecified atom stereocenters. The molecular weight excluding hydrogens is 408 g/mol. The first-order chi connectivity index (χ1) is 15.8. The zero-order chi connectivity index (χ0) is 23.2. The molecule has 3 heteroatoms. The van der Waals surface area contributed by atoms with Crippen LogP contribution in [0.15, 0.2) is 0 Å². The quantitative estimate of drug-likeness (QED) is 0.402. The number of esters is 1. The first-order valence-corrected chi connectivity index (χ1v) is 14.6. The van der Waals surface area contributed by atoms with E-state index in [1.165, 1.54) is 64.2 Å². The van der Waals surface area contributed by atoms with Gasteiger partial charge in [-0.1, -0.05) is 59.3 Å². The summed E-state index contributed by atoms with van der Waals surface area (Å²) in [6, 6.07) is 0. The summed E-state index contributed by atoms with van der Waals surface area (Å²) in [5.41, 5.74) is 0.526. The van der Waals surface area contributed by atoms with Crippen molar-refractivity contribution in [2.75, 3.05) is 0 Å². The maximum Gasteiger partial charge on any atom is 0.306 e. The minimum atomic E-state index is 0.0860. The van der Waals surface area contributed by atoms with Gasteiger partial charge < -0.3 is 4.74 Å². The average molecular weight is 457 g/mol. The molecule has 0 bridgehead atoms. The summed E-state index contributed by atoms with van der Waals surface area (Å²) in [4.78, 5) is 25.3. The smallest absolute Gasteiger partial charge is 0.306 e. The summed E-state index contributed by atoms with van der Waals surface area (Å²) in [7, 11) is 0. The van der Waals surface area contributed by atoms with Gasteiger partial charge in [0.25, 0.3) is 0 Å². The van der Waals surface area contributed by atoms with E-state index in [1.807, 2.05) is 0 Å². The SMILES string of the molecule is CCC(CC(=O)O[C@H]1CC[C@H]2[C@@H]3CCC4CC(=O)CC[C@]4(C)[C@H]3CC[C@]12C)C1CCCCC1. The number of carbonyl (C=O) groups is 2. The normalized spacial score (nSPS) is 44.5. The Labute approximate surface area is 202 Å². The highest BCUT2D eigenvalue weighted by atomic mass is 16.5. The monoisotopic (exact) mass is 456 g/mol. The summed E-state index contributed by atoms with van der Waals surface area (Å²) in [6.07, 6.45) is 18.6. The highest BCUT2D eigenvalue weighted by Crippen LogP contribution is 2.66. The fraction of sp³-hybridized carbons (Fsp3) is 0.933. The van der Waals surface area contributed by atoms with Gasteiger partial charge in [-0.3, -0.25) is 9.59 Å². The summed E-state index contributed by atoms with van der Waals surface area (Å²) in [5, 5.41) is 0. The fourth-order valence-electron chi connectivity index (χ4n) is 9.86. The number of ketones is 1. The van der Waals surface area contributed by atoms with Crippen molar-refractivity contribution in [2.24, 2.45) is 46.3 Å². The van der Waals surface area contributed by atoms with Crippen molar-refractivity contribution in [1.82, 2.24) is 0 Å². The van der Waals surface area contributed by atoms with Gasteiger partial charge in [-0.25, -0.2) is 0 Å². The second-order valence-electron chi connectivity index (χ2n) is 13.3. The predicted molar refractivity (Wildman–Crippen MR) is 132 cm³/mol. The van der Waals surface area contributed by atoms with E-state index in [9.17, 15) is 9.59 Å². The minimum Gasteiger partial charge on any atom is -0.462 e. The van der Waals surface area contributed by atoms with Crippen LogP contribution in [0.5, 0.6) is 0 Å². The van der Waals surface area contributed by atoms with E-state index in [1.54, 1.807) is 0 Å². The lowest BCUT2D eigenvalue weighted by Crippen LogP contribution is -2.54. The van der Waals surface area contributed by atoms with E-state index >= 15 is 0 Å². The molecule has 0 aromatic carbocycles. The third kappa shape index (κ3) is 4.22. The molecule has 0 saturated heterocycles. The van der Waals surface area contributed by atoms with Gasteiger partial charge in [0, 0.05) is 24.7 Å². The van der Waals surface area contributed by atoms with Crippen molar-refractivity contribution >= 4 is 11.8 Å². The standard InChI is InChI=1S/C30H48O3/c1-4-20(21-8-6-5-7-9-21)18-28(32)33-27-13-12-25-24-11-10-22-19-23(31)14-16-29(22,2)26(24)15-17-30(25,27)3/h20-22,24-27H,4-19H2,1-3H3/t20?,22?,24-,25-,26-,27-,29-,30-/m0/s1. The summed E-state index contributed by atoms with van der Waals surface area (Å²) in [6.45, 7) is 7.23. The summed E-state index contributed by atoms with van der Waals surface area (Å²) < 4.78 is 6.35. The largest absolute Gasteiger partial charge is 0.462 e. The van der Waals surface area contributed by atoms with Crippen molar-refractivity contribution in [3.63, 3.8) is 0 Å². The molecule has 0 aliphatic heterocycles. The van der Waals surface area contributed by atoms with E-state index in [0.29, 0.717) is 35.4 Å². The Morgan fingerprint density at radius 3 is 2.45 bits per heavy atom. The van der Waals surface area contributed by atoms with Gasteiger partial charge in [0.15, 0.2) is 0 Å². The third-order valence-corrected chi connectivity index (χ3v) is 11.9. The molecule has 3 nitrogen and oxygen atoms in total. The van der Waals surface area contributed by atoms with Crippen LogP contribution in [-0.2, 0) is 14.3 Å². The molecule has 5 aliphatic rings. The number of fused-ring (bicyclic) bond motifs is 5. The highest BCUT2D eigenvalue weighted by molar-refractivity contribution is 5.79. The zero-order valence-electron chi connectivity index (χ0n) is 21.6. The van der Waals surface area contributed by atoms with Crippen LogP contribution in [0.1, 0.15) is 124 Å². The van der Waals surface area contributed by atoms with E-state index in [2.05, 4.69) is 20.8 Å². The second-order valence-corrected chi connectivity index (χ2v) is 13.3. The number of rotatable bonds is 5. The Balaban J connectivity index is 1.23. The van der Waals surface area contributed by atoms with Crippen molar-refractivity contribution in [3.05, 3.63) is 0 Å². The molecule has 0 radical (unpaired) electrons. The van der Waals surface area contributed by atoms with Gasteiger partial charge in [-0.2, -0.15) is 0 Å². The molecule has 33 heavy (non-hydrogen) atoms. The molecule has 0 aromatic heterocycles. The summed E-state index contributed by atoms with van der Waals surface area (Å²) in [5.74, 6) is 4.70. The van der Waals surface area contributed by atoms with E-state index in [0.717, 1.165) is 49.9 Å². The van der Waals surface area contributed by atoms with Gasteiger partial charge >= 0.3 is 5.97 Å². The lowest BCUT2D eigenvalue weighted by atomic mass is 9.45. The Hall–Kier alpha value is -0.860. The number of carbonyl (C=O) groups excluding carboxylic acids is 2. The predicted octanol–water partition coefficient (Wildman–Crippen LogP) is 7.51. The molecule has 5 rings (SSSR count). The van der Waals surface area contributed by atoms with Crippen LogP contribution in [-0.4, -0.2) is 17.9 Å². The van der Waals surface area contributed by atoms with Crippen LogP contribution in [0, 0.1) is 46.3 Å². The van der Waals surface area contributed by atoms with Gasteiger partial charge in [-0.15, -0.1) is 0 Å². The lowest BCUT2D eigenvalue weighted by molar-refractivity contribution is -0.165. The molecule has 0 N–H and O–H groups in total. The Morgan fingerprint density at radius 1 is 0.939 bits per heavy atom. The molecule has 5 saturated carbocycles. The molecule has 0 spiro atoms. The van der Waals surface area contributed by atoms with Crippen molar-refractivity contribution in [2.45, 2.75) is 130 Å². The van der Waals surface area contributed by atoms with Crippen LogP contribution in [0.25, 0.3) is 0 Å². The molecular formula is C30H48O3. The second kappa shape index (κ2) is 9.30. The molecule has 0 amide bonds. The maximum atomic E-state index is 13.1. The molecule has 8 atom stereocenters. The molecule has 0 heterocycles. The fourth-order valence-corrected chi connectivity index (χ4v) is 9.86. The number of Topliss-reactive ketones (excluding diaryl/α,β-unsaturated/α-hetero) is 1. The van der Waals surface area contributed by atoms with E-state index in [4.69, 9.17) is 4.74 Å². The minimum absolute atomic E-state index is 0.0860. The van der Waals surface area contributed by atoms with Crippen molar-refractivity contribution in [1.29, 1.82) is 0 Å². The average Bonchev–Trinajstić information content (AvgIpc) is 3.14. The van der Waals surface area contributed by atoms with Crippen LogP contribution < -0.4 is 0 Å². The molecule has 186 valence electrons. The zero-order valence-corrected chi connectivity index (χ0v) is 21.6. The van der Waals surface area contributed by atoms with E-state index in [-0.39, 0.29) is 17.5 Å². The Kier molecular flexibility index (Phi) is 6.73. The van der Waals surface area contributed by atoms with E-state index < -0.39 is 0 Å². The van der Waals surface area contributed by atoms with Crippen LogP contribution >= 0.6 is 0 Å². The maximum absolute atomic E-state index is 13.1. The van der Waals surface area contributed by atoms with Gasteiger partial charge in [0.1, 0.15) is 11.9 Å². The first-order valence-electron chi connectivity index (χ1n) is 14.6. The number of hydrogen-bond donors (Lipinski definition) is 0. The Morgan fingerprint density at radius 2 is 1.70 bits per heavy atom. The van der Waals surface area contributed by atoms with Crippen molar-refractivity contribution < 1.29 is 14.3 Å². The van der Waals surface area contributed by atoms with Gasteiger partial charge in [0.2, 0.25) is 0 Å². The molecule has 0 aromatic rings. The molecule has 5 aliphatic carbocycles. The topological polar surface area (TPSA) is 43.4 Å². The first kappa shape index (κ1) is 23.9. The van der Waals surface area contributed by atoms with Crippen LogP contribution in [0.3, 0.4) is 0 Å². The van der Waals surface area contributed by atoms with Crippen LogP contribution in [0.2, 0.25) is 0 Å².